The first-order valence-electron chi connectivity index (χ1n) is 5.41. The third-order valence-corrected chi connectivity index (χ3v) is 2.99. The number of rotatable bonds is 5. The van der Waals surface area contributed by atoms with Gasteiger partial charge in [-0.25, -0.2) is 8.78 Å². The van der Waals surface area contributed by atoms with E-state index < -0.39 is 21.1 Å². The van der Waals surface area contributed by atoms with Crippen molar-refractivity contribution in [3.63, 3.8) is 0 Å². The molecule has 0 N–H and O–H groups in total. The van der Waals surface area contributed by atoms with Gasteiger partial charge >= 0.3 is 3.93 Å². The Morgan fingerprint density at radius 1 is 1.12 bits per heavy atom. The van der Waals surface area contributed by atoms with Crippen LogP contribution < -0.4 is 0 Å². The van der Waals surface area contributed by atoms with Crippen LogP contribution >= 0.6 is 22.6 Å². The fourth-order valence-electron chi connectivity index (χ4n) is 1.62. The lowest BCUT2D eigenvalue weighted by molar-refractivity contribution is 0.117. The monoisotopic (exact) mass is 360 g/mol. The van der Waals surface area contributed by atoms with E-state index in [4.69, 9.17) is 0 Å². The molecule has 0 aliphatic rings. The largest absolute Gasteiger partial charge is 0.327 e. The van der Waals surface area contributed by atoms with E-state index in [1.165, 1.54) is 0 Å². The highest BCUT2D eigenvalue weighted by atomic mass is 127. The Kier molecular flexibility index (Phi) is 5.22. The number of aryl methyl sites for hydroxylation is 1. The van der Waals surface area contributed by atoms with Gasteiger partial charge in [-0.05, 0) is 30.5 Å². The van der Waals surface area contributed by atoms with Crippen LogP contribution in [0, 0.1) is 11.6 Å². The highest BCUT2D eigenvalue weighted by Gasteiger charge is 2.34. The molecule has 0 unspecified atom stereocenters. The van der Waals surface area contributed by atoms with Crippen LogP contribution in [-0.4, -0.2) is 0 Å². The Labute approximate surface area is 112 Å². The van der Waals surface area contributed by atoms with E-state index in [1.54, 1.807) is 0 Å². The van der Waals surface area contributed by atoms with Gasteiger partial charge in [-0.1, -0.05) is 19.8 Å². The highest BCUT2D eigenvalue weighted by Crippen LogP contribution is 2.38. The molecule has 0 saturated carbocycles. The van der Waals surface area contributed by atoms with E-state index in [-0.39, 0.29) is 0 Å². The van der Waals surface area contributed by atoms with Crippen molar-refractivity contribution in [3.8, 4) is 0 Å². The average Bonchev–Trinajstić information content (AvgIpc) is 2.14. The standard InChI is InChI=1S/C12H13F4I/c1-2-3-4-5-8-6-9(13)11(10(14)7-8)12(15,16)17/h6-7H,2-5H2,1H3. The SMILES string of the molecule is CCCCCc1cc(F)c(C(F)(F)I)c(F)c1. The van der Waals surface area contributed by atoms with Gasteiger partial charge in [0.05, 0.1) is 0 Å². The van der Waals surface area contributed by atoms with Crippen LogP contribution in [0.2, 0.25) is 0 Å². The minimum Gasteiger partial charge on any atom is -0.206 e. The molecule has 1 aromatic carbocycles. The van der Waals surface area contributed by atoms with Crippen molar-refractivity contribution in [1.29, 1.82) is 0 Å². The van der Waals surface area contributed by atoms with E-state index in [1.807, 2.05) is 6.92 Å². The Balaban J connectivity index is 2.94. The lowest BCUT2D eigenvalue weighted by Gasteiger charge is -2.12. The Morgan fingerprint density at radius 3 is 2.06 bits per heavy atom. The molecule has 0 fully saturated rings. The van der Waals surface area contributed by atoms with Gasteiger partial charge in [0.1, 0.15) is 17.2 Å². The summed E-state index contributed by atoms with van der Waals surface area (Å²) in [7, 11) is 0. The highest BCUT2D eigenvalue weighted by molar-refractivity contribution is 14.1. The number of hydrogen-bond acceptors (Lipinski definition) is 0. The van der Waals surface area contributed by atoms with Crippen LogP contribution in [0.1, 0.15) is 37.3 Å². The van der Waals surface area contributed by atoms with E-state index in [0.717, 1.165) is 54.0 Å². The second-order valence-electron chi connectivity index (χ2n) is 3.89. The van der Waals surface area contributed by atoms with Gasteiger partial charge in [-0.15, -0.1) is 0 Å². The van der Waals surface area contributed by atoms with Crippen LogP contribution in [0.5, 0.6) is 0 Å². The molecular formula is C12H13F4I. The number of unbranched alkanes of at least 4 members (excludes halogenated alkanes) is 2. The first kappa shape index (κ1) is 14.7. The second kappa shape index (κ2) is 6.02. The number of halogens is 5. The summed E-state index contributed by atoms with van der Waals surface area (Å²) in [6.45, 7) is 2.01. The van der Waals surface area contributed by atoms with Crippen molar-refractivity contribution in [1.82, 2.24) is 0 Å². The molecule has 0 amide bonds. The number of alkyl halides is 3. The van der Waals surface area contributed by atoms with Crippen molar-refractivity contribution in [2.24, 2.45) is 0 Å². The van der Waals surface area contributed by atoms with Crippen molar-refractivity contribution >= 4 is 22.6 Å². The smallest absolute Gasteiger partial charge is 0.206 e. The Bertz CT molecular complexity index is 362. The molecule has 5 heteroatoms. The summed E-state index contributed by atoms with van der Waals surface area (Å²) in [4.78, 5) is 0. The van der Waals surface area contributed by atoms with E-state index in [2.05, 4.69) is 0 Å². The molecule has 0 nitrogen and oxygen atoms in total. The topological polar surface area (TPSA) is 0 Å². The van der Waals surface area contributed by atoms with Gasteiger partial charge in [0.2, 0.25) is 0 Å². The molecule has 1 aromatic rings. The summed E-state index contributed by atoms with van der Waals surface area (Å²) >= 11 is 0.727. The van der Waals surface area contributed by atoms with Crippen LogP contribution in [0.3, 0.4) is 0 Å². The third kappa shape index (κ3) is 4.12. The fourth-order valence-corrected chi connectivity index (χ4v) is 2.14. The first-order valence-corrected chi connectivity index (χ1v) is 6.49. The Hall–Kier alpha value is -0.330. The van der Waals surface area contributed by atoms with E-state index in [9.17, 15) is 17.6 Å². The van der Waals surface area contributed by atoms with Crippen LogP contribution in [-0.2, 0) is 10.4 Å². The Morgan fingerprint density at radius 2 is 1.65 bits per heavy atom. The quantitative estimate of drug-likeness (QED) is 0.294. The van der Waals surface area contributed by atoms with Crippen molar-refractivity contribution < 1.29 is 17.6 Å². The molecule has 96 valence electrons. The minimum absolute atomic E-state index is 0.429. The van der Waals surface area contributed by atoms with Crippen LogP contribution in [0.15, 0.2) is 12.1 Å². The molecular weight excluding hydrogens is 347 g/mol. The van der Waals surface area contributed by atoms with E-state index >= 15 is 0 Å². The summed E-state index contributed by atoms with van der Waals surface area (Å²) in [6, 6.07) is 2.00. The normalized spacial score (nSPS) is 11.9. The average molecular weight is 360 g/mol. The fraction of sp³-hybridized carbons (Fsp3) is 0.500. The molecule has 0 heterocycles. The van der Waals surface area contributed by atoms with Gasteiger partial charge in [0.15, 0.2) is 0 Å². The van der Waals surface area contributed by atoms with Gasteiger partial charge < -0.3 is 0 Å². The van der Waals surface area contributed by atoms with Gasteiger partial charge in [-0.3, -0.25) is 0 Å². The summed E-state index contributed by atoms with van der Waals surface area (Å²) in [5.41, 5.74) is -0.727. The van der Waals surface area contributed by atoms with Crippen molar-refractivity contribution in [2.45, 2.75) is 36.5 Å². The molecule has 1 rings (SSSR count). The van der Waals surface area contributed by atoms with Gasteiger partial charge in [0, 0.05) is 22.6 Å². The maximum absolute atomic E-state index is 13.4. The molecule has 17 heavy (non-hydrogen) atoms. The molecule has 0 aliphatic heterocycles. The minimum atomic E-state index is -3.52. The summed E-state index contributed by atoms with van der Waals surface area (Å²) in [6.07, 6.45) is 3.26. The molecule has 0 radical (unpaired) electrons. The number of benzene rings is 1. The van der Waals surface area contributed by atoms with E-state index in [0.29, 0.717) is 12.0 Å². The summed E-state index contributed by atoms with van der Waals surface area (Å²) < 4.78 is 49.1. The lowest BCUT2D eigenvalue weighted by atomic mass is 10.0. The first-order chi connectivity index (χ1) is 7.86. The lowest BCUT2D eigenvalue weighted by Crippen LogP contribution is -2.10. The molecule has 0 spiro atoms. The second-order valence-corrected chi connectivity index (χ2v) is 5.24. The zero-order valence-electron chi connectivity index (χ0n) is 9.37. The van der Waals surface area contributed by atoms with Crippen LogP contribution in [0.4, 0.5) is 17.6 Å². The van der Waals surface area contributed by atoms with Crippen LogP contribution in [0.25, 0.3) is 0 Å². The number of hydrogen-bond donors (Lipinski definition) is 0. The molecule has 0 aromatic heterocycles. The van der Waals surface area contributed by atoms with Gasteiger partial charge in [0.25, 0.3) is 0 Å². The van der Waals surface area contributed by atoms with Gasteiger partial charge in [-0.2, -0.15) is 8.78 Å². The summed E-state index contributed by atoms with van der Waals surface area (Å²) in [5.74, 6) is -2.34. The predicted molar refractivity (Wildman–Crippen MR) is 67.5 cm³/mol. The molecule has 0 bridgehead atoms. The maximum Gasteiger partial charge on any atom is 0.327 e. The third-order valence-electron chi connectivity index (χ3n) is 2.45. The molecule has 0 atom stereocenters. The zero-order chi connectivity index (χ0) is 13.1. The zero-order valence-corrected chi connectivity index (χ0v) is 11.5. The maximum atomic E-state index is 13.4. The molecule has 0 aliphatic carbocycles. The molecule has 0 saturated heterocycles. The van der Waals surface area contributed by atoms with Crippen molar-refractivity contribution in [3.05, 3.63) is 34.9 Å². The van der Waals surface area contributed by atoms with Crippen molar-refractivity contribution in [2.75, 3.05) is 0 Å². The predicted octanol–water partition coefficient (Wildman–Crippen LogP) is 5.18. The summed E-state index contributed by atoms with van der Waals surface area (Å²) in [5, 5.41) is 0.